The number of carbonyl (C=O) groups excluding carboxylic acids is 3. The molecule has 0 aromatic rings. The summed E-state index contributed by atoms with van der Waals surface area (Å²) in [6, 6.07) is 0. The Labute approximate surface area is 86.4 Å². The normalized spacial score (nSPS) is 36.9. The quantitative estimate of drug-likeness (QED) is 0.609. The number of ether oxygens (including phenoxy) is 1. The van der Waals surface area contributed by atoms with Crippen LogP contribution >= 0.6 is 0 Å². The fourth-order valence-corrected chi connectivity index (χ4v) is 2.20. The zero-order valence-corrected chi connectivity index (χ0v) is 8.14. The topological polar surface area (TPSA) is 80.7 Å². The zero-order valence-electron chi connectivity index (χ0n) is 8.14. The van der Waals surface area contributed by atoms with Gasteiger partial charge in [0.1, 0.15) is 11.6 Å². The maximum Gasteiger partial charge on any atom is 0.308 e. The fourth-order valence-electron chi connectivity index (χ4n) is 2.20. The molecular formula is C10H12O5. The SMILES string of the molecule is O=C1CCC(=O)C(C2CC(=O)O[C@H]2O)C1. The van der Waals surface area contributed by atoms with Crippen molar-refractivity contribution in [3.63, 3.8) is 0 Å². The highest BCUT2D eigenvalue weighted by Crippen LogP contribution is 2.34. The van der Waals surface area contributed by atoms with Crippen molar-refractivity contribution in [3.05, 3.63) is 0 Å². The van der Waals surface area contributed by atoms with Gasteiger partial charge in [0, 0.05) is 31.1 Å². The number of aliphatic hydroxyl groups excluding tert-OH is 1. The van der Waals surface area contributed by atoms with Gasteiger partial charge in [0.25, 0.3) is 0 Å². The van der Waals surface area contributed by atoms with Gasteiger partial charge in [-0.25, -0.2) is 0 Å². The van der Waals surface area contributed by atoms with Crippen LogP contribution in [0.25, 0.3) is 0 Å². The van der Waals surface area contributed by atoms with E-state index in [9.17, 15) is 19.5 Å². The van der Waals surface area contributed by atoms with E-state index in [1.807, 2.05) is 0 Å². The molecule has 1 saturated carbocycles. The summed E-state index contributed by atoms with van der Waals surface area (Å²) in [4.78, 5) is 33.7. The molecule has 5 heteroatoms. The van der Waals surface area contributed by atoms with Crippen LogP contribution in [0.3, 0.4) is 0 Å². The summed E-state index contributed by atoms with van der Waals surface area (Å²) < 4.78 is 4.56. The second kappa shape index (κ2) is 3.73. The predicted octanol–water partition coefficient (Wildman–Crippen LogP) is -0.194. The third-order valence-corrected chi connectivity index (χ3v) is 3.05. The van der Waals surface area contributed by atoms with Crippen LogP contribution in [-0.4, -0.2) is 28.9 Å². The first-order valence-electron chi connectivity index (χ1n) is 5.00. The summed E-state index contributed by atoms with van der Waals surface area (Å²) >= 11 is 0. The monoisotopic (exact) mass is 212 g/mol. The number of ketones is 2. The molecule has 2 rings (SSSR count). The number of esters is 1. The third-order valence-electron chi connectivity index (χ3n) is 3.05. The van der Waals surface area contributed by atoms with Gasteiger partial charge >= 0.3 is 5.97 Å². The highest BCUT2D eigenvalue weighted by molar-refractivity contribution is 5.95. The van der Waals surface area contributed by atoms with E-state index in [1.165, 1.54) is 0 Å². The van der Waals surface area contributed by atoms with Gasteiger partial charge in [-0.1, -0.05) is 0 Å². The molecule has 2 aliphatic rings. The Balaban J connectivity index is 2.11. The predicted molar refractivity (Wildman–Crippen MR) is 47.6 cm³/mol. The standard InChI is InChI=1S/C10H12O5/c11-5-1-2-8(12)6(3-5)7-4-9(13)15-10(7)14/h6-7,10,14H,1-4H2/t6?,7?,10-/m1/s1. The van der Waals surface area contributed by atoms with E-state index in [4.69, 9.17) is 0 Å². The van der Waals surface area contributed by atoms with Crippen molar-refractivity contribution in [2.24, 2.45) is 11.8 Å². The molecule has 1 saturated heterocycles. The molecule has 0 spiro atoms. The average molecular weight is 212 g/mol. The van der Waals surface area contributed by atoms with Crippen LogP contribution < -0.4 is 0 Å². The van der Waals surface area contributed by atoms with Gasteiger partial charge in [0.15, 0.2) is 0 Å². The van der Waals surface area contributed by atoms with E-state index in [1.54, 1.807) is 0 Å². The van der Waals surface area contributed by atoms with E-state index < -0.39 is 24.1 Å². The van der Waals surface area contributed by atoms with Crippen molar-refractivity contribution >= 4 is 17.5 Å². The number of hydrogen-bond acceptors (Lipinski definition) is 5. The number of aliphatic hydroxyl groups is 1. The van der Waals surface area contributed by atoms with Gasteiger partial charge in [-0.05, 0) is 0 Å². The molecule has 1 heterocycles. The first kappa shape index (κ1) is 10.3. The lowest BCUT2D eigenvalue weighted by atomic mass is 9.77. The van der Waals surface area contributed by atoms with E-state index in [0.717, 1.165) is 0 Å². The van der Waals surface area contributed by atoms with Gasteiger partial charge in [-0.2, -0.15) is 0 Å². The molecule has 0 amide bonds. The minimum absolute atomic E-state index is 0.0196. The van der Waals surface area contributed by atoms with E-state index in [2.05, 4.69) is 4.74 Å². The second-order valence-electron chi connectivity index (χ2n) is 4.06. The maximum absolute atomic E-state index is 11.5. The first-order valence-corrected chi connectivity index (χ1v) is 5.00. The largest absolute Gasteiger partial charge is 0.436 e. The lowest BCUT2D eigenvalue weighted by molar-refractivity contribution is -0.159. The number of carbonyl (C=O) groups is 3. The van der Waals surface area contributed by atoms with Crippen molar-refractivity contribution in [3.8, 4) is 0 Å². The molecule has 3 atom stereocenters. The molecule has 0 aromatic carbocycles. The van der Waals surface area contributed by atoms with Gasteiger partial charge in [0.05, 0.1) is 6.42 Å². The zero-order chi connectivity index (χ0) is 11.0. The first-order chi connectivity index (χ1) is 7.08. The molecule has 1 aliphatic carbocycles. The summed E-state index contributed by atoms with van der Waals surface area (Å²) in [5.74, 6) is -1.59. The smallest absolute Gasteiger partial charge is 0.308 e. The Bertz CT molecular complexity index is 322. The molecule has 1 aliphatic heterocycles. The number of cyclic esters (lactones) is 1. The molecule has 2 fully saturated rings. The summed E-state index contributed by atoms with van der Waals surface area (Å²) in [7, 11) is 0. The maximum atomic E-state index is 11.5. The van der Waals surface area contributed by atoms with Gasteiger partial charge in [0.2, 0.25) is 6.29 Å². The Morgan fingerprint density at radius 3 is 2.47 bits per heavy atom. The lowest BCUT2D eigenvalue weighted by Gasteiger charge is -2.25. The van der Waals surface area contributed by atoms with Crippen molar-refractivity contribution in [1.29, 1.82) is 0 Å². The molecule has 0 bridgehead atoms. The molecule has 0 aromatic heterocycles. The minimum Gasteiger partial charge on any atom is -0.436 e. The number of hydrogen-bond donors (Lipinski definition) is 1. The van der Waals surface area contributed by atoms with Crippen molar-refractivity contribution in [1.82, 2.24) is 0 Å². The molecule has 82 valence electrons. The van der Waals surface area contributed by atoms with Crippen LogP contribution in [0.2, 0.25) is 0 Å². The van der Waals surface area contributed by atoms with Crippen LogP contribution in [0, 0.1) is 11.8 Å². The van der Waals surface area contributed by atoms with Crippen molar-refractivity contribution < 1.29 is 24.2 Å². The van der Waals surface area contributed by atoms with Crippen molar-refractivity contribution in [2.45, 2.75) is 32.0 Å². The summed E-state index contributed by atoms with van der Waals surface area (Å²) in [6.07, 6.45) is -0.548. The molecule has 15 heavy (non-hydrogen) atoms. The fraction of sp³-hybridized carbons (Fsp3) is 0.700. The van der Waals surface area contributed by atoms with Crippen molar-refractivity contribution in [2.75, 3.05) is 0 Å². The van der Waals surface area contributed by atoms with E-state index in [-0.39, 0.29) is 37.2 Å². The van der Waals surface area contributed by atoms with Gasteiger partial charge in [-0.15, -0.1) is 0 Å². The molecular weight excluding hydrogens is 200 g/mol. The number of Topliss-reactive ketones (excluding diaryl/α,β-unsaturated/α-hetero) is 2. The van der Waals surface area contributed by atoms with Crippen LogP contribution in [0.4, 0.5) is 0 Å². The summed E-state index contributed by atoms with van der Waals surface area (Å²) in [5, 5.41) is 9.41. The van der Waals surface area contributed by atoms with Crippen LogP contribution in [0.15, 0.2) is 0 Å². The highest BCUT2D eigenvalue weighted by atomic mass is 16.6. The second-order valence-corrected chi connectivity index (χ2v) is 4.06. The molecule has 2 unspecified atom stereocenters. The Morgan fingerprint density at radius 1 is 1.13 bits per heavy atom. The van der Waals surface area contributed by atoms with Crippen LogP contribution in [-0.2, 0) is 19.1 Å². The summed E-state index contributed by atoms with van der Waals surface area (Å²) in [6.45, 7) is 0. The molecule has 0 radical (unpaired) electrons. The minimum atomic E-state index is -1.22. The van der Waals surface area contributed by atoms with Crippen LogP contribution in [0.5, 0.6) is 0 Å². The van der Waals surface area contributed by atoms with Gasteiger partial charge in [-0.3, -0.25) is 14.4 Å². The highest BCUT2D eigenvalue weighted by Gasteiger charge is 2.43. The van der Waals surface area contributed by atoms with Crippen LogP contribution in [0.1, 0.15) is 25.7 Å². The lowest BCUT2D eigenvalue weighted by Crippen LogP contribution is -2.34. The third kappa shape index (κ3) is 1.92. The number of rotatable bonds is 1. The summed E-state index contributed by atoms with van der Waals surface area (Å²) in [5.41, 5.74) is 0. The van der Waals surface area contributed by atoms with E-state index in [0.29, 0.717) is 0 Å². The van der Waals surface area contributed by atoms with Gasteiger partial charge < -0.3 is 9.84 Å². The Morgan fingerprint density at radius 2 is 1.87 bits per heavy atom. The molecule has 1 N–H and O–H groups in total. The Kier molecular flexibility index (Phi) is 2.56. The van der Waals surface area contributed by atoms with E-state index >= 15 is 0 Å². The Hall–Kier alpha value is -1.23. The molecule has 5 nitrogen and oxygen atoms in total. The average Bonchev–Trinajstić information content (AvgIpc) is 2.50.